The van der Waals surface area contributed by atoms with E-state index in [9.17, 15) is 4.79 Å². The Kier molecular flexibility index (Phi) is 5.80. The summed E-state index contributed by atoms with van der Waals surface area (Å²) in [6.45, 7) is 4.88. The molecule has 0 spiro atoms. The summed E-state index contributed by atoms with van der Waals surface area (Å²) in [4.78, 5) is 23.4. The molecule has 0 unspecified atom stereocenters. The maximum atomic E-state index is 10.9. The van der Waals surface area contributed by atoms with E-state index in [1.807, 2.05) is 31.2 Å². The number of benzene rings is 1. The quantitative estimate of drug-likeness (QED) is 0.605. The van der Waals surface area contributed by atoms with Crippen molar-refractivity contribution in [2.45, 2.75) is 33.3 Å². The first kappa shape index (κ1) is 18.6. The summed E-state index contributed by atoms with van der Waals surface area (Å²) in [5.41, 5.74) is 2.47. The molecule has 3 aromatic rings. The number of hydrogen-bond acceptors (Lipinski definition) is 6. The highest BCUT2D eigenvalue weighted by molar-refractivity contribution is 5.87. The molecule has 140 valence electrons. The fourth-order valence-corrected chi connectivity index (χ4v) is 2.60. The summed E-state index contributed by atoms with van der Waals surface area (Å²) < 4.78 is 11.6. The van der Waals surface area contributed by atoms with Crippen LogP contribution in [0, 0.1) is 6.92 Å². The lowest BCUT2D eigenvalue weighted by Gasteiger charge is -2.15. The minimum atomic E-state index is -1.08. The lowest BCUT2D eigenvalue weighted by Crippen LogP contribution is -2.08. The van der Waals surface area contributed by atoms with E-state index in [-0.39, 0.29) is 18.2 Å². The molecule has 0 fully saturated rings. The number of ether oxygens (including phenoxy) is 2. The highest BCUT2D eigenvalue weighted by Gasteiger charge is 2.14. The number of fused-ring (bicyclic) bond motifs is 1. The van der Waals surface area contributed by atoms with Crippen LogP contribution < -0.4 is 9.47 Å². The van der Waals surface area contributed by atoms with Crippen molar-refractivity contribution in [3.8, 4) is 11.8 Å². The predicted molar refractivity (Wildman–Crippen MR) is 100 cm³/mol. The third-order valence-electron chi connectivity index (χ3n) is 4.13. The first-order valence-corrected chi connectivity index (χ1v) is 8.79. The molecule has 27 heavy (non-hydrogen) atoms. The molecule has 0 aliphatic carbocycles. The summed E-state index contributed by atoms with van der Waals surface area (Å²) in [6.07, 6.45) is 4.46. The van der Waals surface area contributed by atoms with Crippen molar-refractivity contribution in [3.63, 3.8) is 0 Å². The molecule has 3 rings (SSSR count). The molecular formula is C20H21N3O4. The van der Waals surface area contributed by atoms with Crippen molar-refractivity contribution < 1.29 is 19.4 Å². The van der Waals surface area contributed by atoms with Gasteiger partial charge in [0.25, 0.3) is 0 Å². The third-order valence-corrected chi connectivity index (χ3v) is 4.13. The first-order valence-electron chi connectivity index (χ1n) is 8.79. The Morgan fingerprint density at radius 3 is 2.59 bits per heavy atom. The van der Waals surface area contributed by atoms with E-state index in [1.165, 1.54) is 12.4 Å². The van der Waals surface area contributed by atoms with Gasteiger partial charge in [0.2, 0.25) is 0 Å². The van der Waals surface area contributed by atoms with Gasteiger partial charge in [0.1, 0.15) is 12.4 Å². The SMILES string of the molecule is CCCCOc1c(C)c(COc2ncc(C(=O)O)cn2)nc2ccccc12. The molecule has 2 heterocycles. The van der Waals surface area contributed by atoms with Gasteiger partial charge in [-0.3, -0.25) is 0 Å². The lowest BCUT2D eigenvalue weighted by molar-refractivity contribution is 0.0695. The molecule has 0 amide bonds. The normalized spacial score (nSPS) is 10.7. The molecule has 0 aliphatic rings. The van der Waals surface area contributed by atoms with Crippen molar-refractivity contribution >= 4 is 16.9 Å². The van der Waals surface area contributed by atoms with Crippen molar-refractivity contribution in [2.75, 3.05) is 6.61 Å². The van der Waals surface area contributed by atoms with Crippen LogP contribution in [0.25, 0.3) is 10.9 Å². The van der Waals surface area contributed by atoms with E-state index >= 15 is 0 Å². The maximum Gasteiger partial charge on any atom is 0.338 e. The number of unbranched alkanes of at least 4 members (excludes halogenated alkanes) is 1. The number of hydrogen-bond donors (Lipinski definition) is 1. The number of carboxylic acids is 1. The number of pyridine rings is 1. The average Bonchev–Trinajstić information content (AvgIpc) is 2.68. The fraction of sp³-hybridized carbons (Fsp3) is 0.300. The second kappa shape index (κ2) is 8.44. The summed E-state index contributed by atoms with van der Waals surface area (Å²) in [5, 5.41) is 9.86. The maximum absolute atomic E-state index is 10.9. The molecule has 0 saturated heterocycles. The second-order valence-corrected chi connectivity index (χ2v) is 6.08. The van der Waals surface area contributed by atoms with E-state index in [4.69, 9.17) is 14.6 Å². The van der Waals surface area contributed by atoms with Crippen LogP contribution in [0.5, 0.6) is 11.8 Å². The van der Waals surface area contributed by atoms with Crippen LogP contribution in [0.1, 0.15) is 41.4 Å². The number of aromatic nitrogens is 3. The summed E-state index contributed by atoms with van der Waals surface area (Å²) in [6, 6.07) is 7.92. The van der Waals surface area contributed by atoms with Gasteiger partial charge in [0.05, 0.1) is 23.4 Å². The zero-order valence-electron chi connectivity index (χ0n) is 15.3. The minimum absolute atomic E-state index is 0.00831. The molecule has 0 atom stereocenters. The number of rotatable bonds is 8. The van der Waals surface area contributed by atoms with Crippen LogP contribution in [0.2, 0.25) is 0 Å². The van der Waals surface area contributed by atoms with Crippen molar-refractivity contribution in [1.29, 1.82) is 0 Å². The van der Waals surface area contributed by atoms with Gasteiger partial charge in [0, 0.05) is 23.3 Å². The number of carbonyl (C=O) groups is 1. The Hall–Kier alpha value is -3.22. The topological polar surface area (TPSA) is 94.4 Å². The van der Waals surface area contributed by atoms with Crippen LogP contribution in [-0.2, 0) is 6.61 Å². The molecule has 2 aromatic heterocycles. The van der Waals surface area contributed by atoms with Crippen LogP contribution in [-0.4, -0.2) is 32.6 Å². The van der Waals surface area contributed by atoms with Crippen molar-refractivity contribution in [1.82, 2.24) is 15.0 Å². The molecule has 1 N–H and O–H groups in total. The molecule has 7 nitrogen and oxygen atoms in total. The van der Waals surface area contributed by atoms with Gasteiger partial charge in [-0.05, 0) is 25.5 Å². The van der Waals surface area contributed by atoms with Crippen molar-refractivity contribution in [3.05, 3.63) is 53.5 Å². The van der Waals surface area contributed by atoms with Gasteiger partial charge < -0.3 is 14.6 Å². The minimum Gasteiger partial charge on any atom is -0.493 e. The van der Waals surface area contributed by atoms with Gasteiger partial charge in [-0.2, -0.15) is 0 Å². The van der Waals surface area contributed by atoms with Gasteiger partial charge in [-0.25, -0.2) is 19.7 Å². The molecule has 7 heteroatoms. The summed E-state index contributed by atoms with van der Waals surface area (Å²) in [7, 11) is 0. The van der Waals surface area contributed by atoms with Crippen molar-refractivity contribution in [2.24, 2.45) is 0 Å². The Labute approximate surface area is 157 Å². The molecule has 1 aromatic carbocycles. The first-order chi connectivity index (χ1) is 13.1. The number of nitrogens with zero attached hydrogens (tertiary/aromatic N) is 3. The highest BCUT2D eigenvalue weighted by atomic mass is 16.5. The second-order valence-electron chi connectivity index (χ2n) is 6.08. The van der Waals surface area contributed by atoms with E-state index < -0.39 is 5.97 Å². The van der Waals surface area contributed by atoms with Gasteiger partial charge in [0.15, 0.2) is 0 Å². The molecule has 0 bridgehead atoms. The Morgan fingerprint density at radius 1 is 1.15 bits per heavy atom. The zero-order chi connectivity index (χ0) is 19.2. The Morgan fingerprint density at radius 2 is 1.89 bits per heavy atom. The molecule has 0 aliphatic heterocycles. The molecular weight excluding hydrogens is 346 g/mol. The van der Waals surface area contributed by atoms with Crippen LogP contribution in [0.15, 0.2) is 36.7 Å². The van der Waals surface area contributed by atoms with E-state index in [2.05, 4.69) is 21.9 Å². The molecule has 0 radical (unpaired) electrons. The van der Waals surface area contributed by atoms with Gasteiger partial charge >= 0.3 is 12.0 Å². The van der Waals surface area contributed by atoms with E-state index in [1.54, 1.807) is 0 Å². The zero-order valence-corrected chi connectivity index (χ0v) is 15.3. The number of carboxylic acid groups (broad SMARTS) is 1. The predicted octanol–water partition coefficient (Wildman–Crippen LogP) is 3.79. The fourth-order valence-electron chi connectivity index (χ4n) is 2.60. The van der Waals surface area contributed by atoms with Gasteiger partial charge in [-0.1, -0.05) is 25.5 Å². The average molecular weight is 367 g/mol. The lowest BCUT2D eigenvalue weighted by atomic mass is 10.1. The Bertz CT molecular complexity index is 942. The van der Waals surface area contributed by atoms with Crippen LogP contribution in [0.4, 0.5) is 0 Å². The highest BCUT2D eigenvalue weighted by Crippen LogP contribution is 2.31. The third kappa shape index (κ3) is 4.31. The number of para-hydroxylation sites is 1. The largest absolute Gasteiger partial charge is 0.493 e. The van der Waals surface area contributed by atoms with Crippen LogP contribution in [0.3, 0.4) is 0 Å². The monoisotopic (exact) mass is 367 g/mol. The summed E-state index contributed by atoms with van der Waals surface area (Å²) >= 11 is 0. The standard InChI is InChI=1S/C20H21N3O4/c1-3-4-9-26-18-13(2)17(23-16-8-6-5-7-15(16)18)12-27-20-21-10-14(11-22-20)19(24)25/h5-8,10-11H,3-4,9,12H2,1-2H3,(H,24,25). The summed E-state index contributed by atoms with van der Waals surface area (Å²) in [5.74, 6) is -0.266. The van der Waals surface area contributed by atoms with E-state index in [0.717, 1.165) is 40.8 Å². The van der Waals surface area contributed by atoms with E-state index in [0.29, 0.717) is 6.61 Å². The smallest absolute Gasteiger partial charge is 0.338 e. The number of aromatic carboxylic acids is 1. The van der Waals surface area contributed by atoms with Crippen LogP contribution >= 0.6 is 0 Å². The molecule has 0 saturated carbocycles. The van der Waals surface area contributed by atoms with Gasteiger partial charge in [-0.15, -0.1) is 0 Å². The Balaban J connectivity index is 1.85.